The summed E-state index contributed by atoms with van der Waals surface area (Å²) in [6, 6.07) is 9.06. The van der Waals surface area contributed by atoms with Gasteiger partial charge in [-0.2, -0.15) is 0 Å². The van der Waals surface area contributed by atoms with E-state index < -0.39 is 12.0 Å². The first-order valence-corrected chi connectivity index (χ1v) is 8.56. The highest BCUT2D eigenvalue weighted by atomic mass is 16.5. The van der Waals surface area contributed by atoms with Gasteiger partial charge in [-0.05, 0) is 51.0 Å². The number of rotatable bonds is 7. The van der Waals surface area contributed by atoms with Crippen LogP contribution in [0.2, 0.25) is 0 Å². The summed E-state index contributed by atoms with van der Waals surface area (Å²) in [7, 11) is 3.21. The molecular weight excluding hydrogens is 330 g/mol. The van der Waals surface area contributed by atoms with E-state index in [9.17, 15) is 9.90 Å². The molecule has 1 atom stereocenters. The van der Waals surface area contributed by atoms with Crippen LogP contribution in [-0.2, 0) is 11.3 Å². The Balaban J connectivity index is 2.53. The standard InChI is InChI=1S/C21H27NO4/c1-13-9-14(2)20(15(3)10-13)22(16(4)21(23)24)12-17-7-8-18(25-5)11-19(17)26-6/h7-11,16H,12H2,1-6H3,(H,23,24). The van der Waals surface area contributed by atoms with Gasteiger partial charge in [-0.25, -0.2) is 4.79 Å². The van der Waals surface area contributed by atoms with Gasteiger partial charge < -0.3 is 19.5 Å². The van der Waals surface area contributed by atoms with E-state index in [0.29, 0.717) is 18.0 Å². The molecule has 0 aromatic heterocycles. The van der Waals surface area contributed by atoms with Gasteiger partial charge >= 0.3 is 5.97 Å². The van der Waals surface area contributed by atoms with E-state index in [1.54, 1.807) is 21.1 Å². The number of benzene rings is 2. The van der Waals surface area contributed by atoms with Gasteiger partial charge in [0.2, 0.25) is 0 Å². The summed E-state index contributed by atoms with van der Waals surface area (Å²) in [5.74, 6) is 0.511. The number of hydrogen-bond donors (Lipinski definition) is 1. The van der Waals surface area contributed by atoms with Crippen molar-refractivity contribution in [3.63, 3.8) is 0 Å². The second-order valence-electron chi connectivity index (χ2n) is 6.57. The Morgan fingerprint density at radius 1 is 1.08 bits per heavy atom. The number of aliphatic carboxylic acids is 1. The van der Waals surface area contributed by atoms with Crippen LogP contribution in [0.25, 0.3) is 0 Å². The SMILES string of the molecule is COc1ccc(CN(c2c(C)cc(C)cc2C)C(C)C(=O)O)c(OC)c1. The van der Waals surface area contributed by atoms with Crippen molar-refractivity contribution in [1.29, 1.82) is 0 Å². The van der Waals surface area contributed by atoms with E-state index in [-0.39, 0.29) is 0 Å². The van der Waals surface area contributed by atoms with Crippen molar-refractivity contribution in [2.45, 2.75) is 40.3 Å². The maximum absolute atomic E-state index is 11.8. The minimum atomic E-state index is -0.864. The lowest BCUT2D eigenvalue weighted by atomic mass is 10.0. The molecule has 0 aliphatic heterocycles. The summed E-state index contributed by atoms with van der Waals surface area (Å²) in [4.78, 5) is 13.7. The maximum Gasteiger partial charge on any atom is 0.326 e. The lowest BCUT2D eigenvalue weighted by Gasteiger charge is -2.32. The number of anilines is 1. The molecule has 5 nitrogen and oxygen atoms in total. The Morgan fingerprint density at radius 3 is 2.19 bits per heavy atom. The van der Waals surface area contributed by atoms with Crippen molar-refractivity contribution in [2.24, 2.45) is 0 Å². The number of carbonyl (C=O) groups is 1. The van der Waals surface area contributed by atoms with Crippen LogP contribution in [0.3, 0.4) is 0 Å². The molecule has 0 fully saturated rings. The molecule has 2 aromatic rings. The van der Waals surface area contributed by atoms with Gasteiger partial charge in [0, 0.05) is 23.9 Å². The quantitative estimate of drug-likeness (QED) is 0.808. The van der Waals surface area contributed by atoms with Crippen LogP contribution in [0, 0.1) is 20.8 Å². The molecule has 2 rings (SSSR count). The Labute approximate surface area is 155 Å². The fraction of sp³-hybridized carbons (Fsp3) is 0.381. The van der Waals surface area contributed by atoms with Gasteiger partial charge in [0.05, 0.1) is 14.2 Å². The normalized spacial score (nSPS) is 11.8. The van der Waals surface area contributed by atoms with Crippen molar-refractivity contribution in [2.75, 3.05) is 19.1 Å². The predicted octanol–water partition coefficient (Wildman–Crippen LogP) is 4.11. The molecule has 1 unspecified atom stereocenters. The summed E-state index contributed by atoms with van der Waals surface area (Å²) < 4.78 is 10.7. The second-order valence-corrected chi connectivity index (χ2v) is 6.57. The number of carboxylic acid groups (broad SMARTS) is 1. The average molecular weight is 357 g/mol. The van der Waals surface area contributed by atoms with Crippen LogP contribution in [0.4, 0.5) is 5.69 Å². The molecule has 140 valence electrons. The zero-order valence-electron chi connectivity index (χ0n) is 16.3. The summed E-state index contributed by atoms with van der Waals surface area (Å²) in [5.41, 5.74) is 5.13. The monoisotopic (exact) mass is 357 g/mol. The molecule has 1 N–H and O–H groups in total. The number of nitrogens with zero attached hydrogens (tertiary/aromatic N) is 1. The van der Waals surface area contributed by atoms with Crippen molar-refractivity contribution in [1.82, 2.24) is 0 Å². The highest BCUT2D eigenvalue weighted by Gasteiger charge is 2.25. The fourth-order valence-corrected chi connectivity index (χ4v) is 3.33. The zero-order valence-corrected chi connectivity index (χ0v) is 16.3. The Kier molecular flexibility index (Phi) is 6.14. The zero-order chi connectivity index (χ0) is 19.4. The molecule has 0 saturated heterocycles. The molecule has 0 aliphatic rings. The minimum absolute atomic E-state index is 0.422. The Bertz CT molecular complexity index is 778. The average Bonchev–Trinajstić information content (AvgIpc) is 2.59. The number of ether oxygens (including phenoxy) is 2. The van der Waals surface area contributed by atoms with E-state index in [0.717, 1.165) is 27.9 Å². The third-order valence-corrected chi connectivity index (χ3v) is 4.58. The molecule has 0 radical (unpaired) electrons. The third-order valence-electron chi connectivity index (χ3n) is 4.58. The first-order chi connectivity index (χ1) is 12.3. The lowest BCUT2D eigenvalue weighted by Crippen LogP contribution is -2.39. The van der Waals surface area contributed by atoms with Crippen LogP contribution in [-0.4, -0.2) is 31.3 Å². The molecule has 0 amide bonds. The summed E-state index contributed by atoms with van der Waals surface area (Å²) >= 11 is 0. The predicted molar refractivity (Wildman–Crippen MR) is 103 cm³/mol. The van der Waals surface area contributed by atoms with Gasteiger partial charge in [-0.15, -0.1) is 0 Å². The van der Waals surface area contributed by atoms with Gasteiger partial charge in [0.1, 0.15) is 17.5 Å². The van der Waals surface area contributed by atoms with Gasteiger partial charge in [-0.1, -0.05) is 17.7 Å². The second kappa shape index (κ2) is 8.13. The smallest absolute Gasteiger partial charge is 0.326 e. The maximum atomic E-state index is 11.8. The first-order valence-electron chi connectivity index (χ1n) is 8.56. The Morgan fingerprint density at radius 2 is 1.69 bits per heavy atom. The molecule has 26 heavy (non-hydrogen) atoms. The van der Waals surface area contributed by atoms with E-state index in [1.165, 1.54) is 0 Å². The third kappa shape index (κ3) is 4.10. The number of aryl methyl sites for hydroxylation is 3. The molecule has 0 heterocycles. The molecule has 0 bridgehead atoms. The minimum Gasteiger partial charge on any atom is -0.497 e. The topological polar surface area (TPSA) is 59.0 Å². The highest BCUT2D eigenvalue weighted by molar-refractivity contribution is 5.79. The van der Waals surface area contributed by atoms with Crippen molar-refractivity contribution >= 4 is 11.7 Å². The van der Waals surface area contributed by atoms with E-state index in [1.807, 2.05) is 43.9 Å². The van der Waals surface area contributed by atoms with Crippen LogP contribution in [0.5, 0.6) is 11.5 Å². The molecule has 2 aromatic carbocycles. The van der Waals surface area contributed by atoms with Crippen molar-refractivity contribution in [3.05, 3.63) is 52.6 Å². The molecule has 0 aliphatic carbocycles. The highest BCUT2D eigenvalue weighted by Crippen LogP contribution is 2.32. The summed E-state index contributed by atoms with van der Waals surface area (Å²) in [6.45, 7) is 8.20. The molecular formula is C21H27NO4. The summed E-state index contributed by atoms with van der Waals surface area (Å²) in [6.07, 6.45) is 0. The van der Waals surface area contributed by atoms with Gasteiger partial charge in [0.25, 0.3) is 0 Å². The largest absolute Gasteiger partial charge is 0.497 e. The molecule has 5 heteroatoms. The van der Waals surface area contributed by atoms with E-state index in [2.05, 4.69) is 12.1 Å². The molecule has 0 saturated carbocycles. The van der Waals surface area contributed by atoms with Crippen LogP contribution in [0.1, 0.15) is 29.2 Å². The molecule has 0 spiro atoms. The van der Waals surface area contributed by atoms with Crippen molar-refractivity contribution in [3.8, 4) is 11.5 Å². The van der Waals surface area contributed by atoms with Gasteiger partial charge in [-0.3, -0.25) is 0 Å². The first kappa shape index (κ1) is 19.6. The summed E-state index contributed by atoms with van der Waals surface area (Å²) in [5, 5.41) is 9.64. The van der Waals surface area contributed by atoms with Crippen LogP contribution in [0.15, 0.2) is 30.3 Å². The van der Waals surface area contributed by atoms with Gasteiger partial charge in [0.15, 0.2) is 0 Å². The number of methoxy groups -OCH3 is 2. The number of hydrogen-bond acceptors (Lipinski definition) is 4. The fourth-order valence-electron chi connectivity index (χ4n) is 3.33. The number of carboxylic acids is 1. The van der Waals surface area contributed by atoms with Crippen molar-refractivity contribution < 1.29 is 19.4 Å². The Hall–Kier alpha value is -2.69. The van der Waals surface area contributed by atoms with Crippen LogP contribution >= 0.6 is 0 Å². The lowest BCUT2D eigenvalue weighted by molar-refractivity contribution is -0.138. The van der Waals surface area contributed by atoms with E-state index >= 15 is 0 Å². The van der Waals surface area contributed by atoms with E-state index in [4.69, 9.17) is 9.47 Å². The van der Waals surface area contributed by atoms with Crippen LogP contribution < -0.4 is 14.4 Å².